The van der Waals surface area contributed by atoms with Crippen molar-refractivity contribution in [1.29, 1.82) is 0 Å². The standard InChI is InChI=1S/C24H36N2O4.C2HF3O2/c1-25(19-4-8-21(28)9-5-19)16-22-15-24(17-30-22)10-12-26(13-11-24)23(29)14-18-2-6-20(27)7-3-18;3-2(4,5)1(6)7/h2-3,6-7,19,21-22,27-28H,4-5,8-17H2,1H3;(H,6,7). The number of piperidine rings is 1. The number of rotatable bonds is 5. The fraction of sp³-hybridized carbons (Fsp3) is 0.692. The Morgan fingerprint density at radius 3 is 2.22 bits per heavy atom. The largest absolute Gasteiger partial charge is 0.508 e. The Labute approximate surface area is 215 Å². The number of aliphatic hydroxyl groups excluding tert-OH is 1. The van der Waals surface area contributed by atoms with Crippen molar-refractivity contribution in [2.24, 2.45) is 5.41 Å². The molecule has 1 aromatic rings. The highest BCUT2D eigenvalue weighted by molar-refractivity contribution is 5.79. The Morgan fingerprint density at radius 2 is 1.68 bits per heavy atom. The molecule has 1 amide bonds. The van der Waals surface area contributed by atoms with E-state index in [0.717, 1.165) is 76.8 Å². The van der Waals surface area contributed by atoms with Crippen LogP contribution >= 0.6 is 0 Å². The number of likely N-dealkylation sites (tertiary alicyclic amines) is 1. The molecule has 3 aliphatic rings. The monoisotopic (exact) mass is 530 g/mol. The number of aliphatic hydroxyl groups is 1. The summed E-state index contributed by atoms with van der Waals surface area (Å²) in [5, 5.41) is 26.3. The average molecular weight is 531 g/mol. The molecule has 2 aliphatic heterocycles. The van der Waals surface area contributed by atoms with Crippen molar-refractivity contribution >= 4 is 11.9 Å². The minimum Gasteiger partial charge on any atom is -0.508 e. The van der Waals surface area contributed by atoms with Gasteiger partial charge in [-0.05, 0) is 75.1 Å². The van der Waals surface area contributed by atoms with Gasteiger partial charge in [0, 0.05) is 25.7 Å². The van der Waals surface area contributed by atoms with Gasteiger partial charge in [0.15, 0.2) is 0 Å². The molecule has 0 bridgehead atoms. The van der Waals surface area contributed by atoms with Crippen molar-refractivity contribution in [1.82, 2.24) is 9.80 Å². The molecule has 2 saturated heterocycles. The number of ether oxygens (including phenoxy) is 1. The van der Waals surface area contributed by atoms with Gasteiger partial charge in [-0.3, -0.25) is 4.79 Å². The second-order valence-electron chi connectivity index (χ2n) is 10.6. The summed E-state index contributed by atoms with van der Waals surface area (Å²) in [6.45, 7) is 3.40. The number of amides is 1. The number of benzene rings is 1. The number of hydrogen-bond donors (Lipinski definition) is 3. The van der Waals surface area contributed by atoms with E-state index in [4.69, 9.17) is 14.6 Å². The molecule has 8 nitrogen and oxygen atoms in total. The minimum atomic E-state index is -5.08. The first-order valence-electron chi connectivity index (χ1n) is 12.7. The van der Waals surface area contributed by atoms with Gasteiger partial charge in [0.2, 0.25) is 5.91 Å². The molecule has 11 heteroatoms. The number of likely N-dealkylation sites (N-methyl/N-ethyl adjacent to an activating group) is 1. The third-order valence-electron chi connectivity index (χ3n) is 7.78. The summed E-state index contributed by atoms with van der Waals surface area (Å²) in [5.41, 5.74) is 1.17. The van der Waals surface area contributed by atoms with E-state index < -0.39 is 12.1 Å². The average Bonchev–Trinajstić information content (AvgIpc) is 3.22. The zero-order valence-corrected chi connectivity index (χ0v) is 21.1. The predicted octanol–water partition coefficient (Wildman–Crippen LogP) is 3.20. The summed E-state index contributed by atoms with van der Waals surface area (Å²) >= 11 is 0. The first kappa shape index (κ1) is 29.2. The van der Waals surface area contributed by atoms with Crippen LogP contribution in [-0.2, 0) is 20.7 Å². The maximum atomic E-state index is 12.7. The van der Waals surface area contributed by atoms with Crippen molar-refractivity contribution < 1.29 is 42.8 Å². The SMILES string of the molecule is CN(CC1CC2(CCN(C(=O)Cc3ccc(O)cc3)CC2)CO1)C1CCC(O)CC1.O=C(O)C(F)(F)F. The Hall–Kier alpha value is -2.37. The number of hydrogen-bond acceptors (Lipinski definition) is 6. The fourth-order valence-electron chi connectivity index (χ4n) is 5.46. The summed E-state index contributed by atoms with van der Waals surface area (Å²) in [6, 6.07) is 7.47. The highest BCUT2D eigenvalue weighted by Crippen LogP contribution is 2.42. The number of carbonyl (C=O) groups is 2. The molecule has 37 heavy (non-hydrogen) atoms. The first-order chi connectivity index (χ1) is 17.4. The first-order valence-corrected chi connectivity index (χ1v) is 12.7. The van der Waals surface area contributed by atoms with Crippen LogP contribution < -0.4 is 0 Å². The van der Waals surface area contributed by atoms with Crippen LogP contribution in [0.15, 0.2) is 24.3 Å². The minimum absolute atomic E-state index is 0.109. The molecule has 1 aromatic carbocycles. The molecule has 3 N–H and O–H groups in total. The number of nitrogens with zero attached hydrogens (tertiary/aromatic N) is 2. The molecule has 0 radical (unpaired) electrons. The Kier molecular flexibility index (Phi) is 9.82. The Bertz CT molecular complexity index is 895. The topological polar surface area (TPSA) is 111 Å². The van der Waals surface area contributed by atoms with Crippen molar-refractivity contribution in [2.75, 3.05) is 33.3 Å². The zero-order chi connectivity index (χ0) is 27.2. The van der Waals surface area contributed by atoms with E-state index in [9.17, 15) is 28.2 Å². The number of aromatic hydroxyl groups is 1. The van der Waals surface area contributed by atoms with E-state index in [1.807, 2.05) is 17.0 Å². The van der Waals surface area contributed by atoms with Crippen molar-refractivity contribution in [3.8, 4) is 5.75 Å². The number of halogens is 3. The second kappa shape index (κ2) is 12.4. The molecular weight excluding hydrogens is 493 g/mol. The van der Waals surface area contributed by atoms with Gasteiger partial charge in [0.25, 0.3) is 0 Å². The van der Waals surface area contributed by atoms with Crippen LogP contribution in [0.3, 0.4) is 0 Å². The zero-order valence-electron chi connectivity index (χ0n) is 21.1. The molecule has 1 unspecified atom stereocenters. The summed E-state index contributed by atoms with van der Waals surface area (Å²) in [4.78, 5) is 26.0. The fourth-order valence-corrected chi connectivity index (χ4v) is 5.46. The molecule has 1 aliphatic carbocycles. The van der Waals surface area contributed by atoms with Crippen LogP contribution in [0.4, 0.5) is 13.2 Å². The third kappa shape index (κ3) is 8.58. The van der Waals surface area contributed by atoms with E-state index >= 15 is 0 Å². The van der Waals surface area contributed by atoms with Crippen LogP contribution in [0.1, 0.15) is 50.5 Å². The number of alkyl halides is 3. The number of aliphatic carboxylic acids is 1. The van der Waals surface area contributed by atoms with Gasteiger partial charge < -0.3 is 29.9 Å². The molecular formula is C26H37F3N2O6. The van der Waals surface area contributed by atoms with Gasteiger partial charge in [-0.15, -0.1) is 0 Å². The molecule has 1 spiro atoms. The lowest BCUT2D eigenvalue weighted by atomic mass is 9.76. The molecule has 1 atom stereocenters. The maximum Gasteiger partial charge on any atom is 0.490 e. The van der Waals surface area contributed by atoms with Crippen molar-refractivity contribution in [3.63, 3.8) is 0 Å². The van der Waals surface area contributed by atoms with Gasteiger partial charge in [-0.2, -0.15) is 13.2 Å². The number of phenolic OH excluding ortho intramolecular Hbond substituents is 1. The van der Waals surface area contributed by atoms with E-state index in [-0.39, 0.29) is 29.3 Å². The molecule has 0 aromatic heterocycles. The van der Waals surface area contributed by atoms with E-state index in [0.29, 0.717) is 12.5 Å². The molecule has 2 heterocycles. The third-order valence-corrected chi connectivity index (χ3v) is 7.78. The normalized spacial score (nSPS) is 25.6. The number of carboxylic acids is 1. The summed E-state index contributed by atoms with van der Waals surface area (Å²) < 4.78 is 37.9. The Morgan fingerprint density at radius 1 is 1.11 bits per heavy atom. The van der Waals surface area contributed by atoms with Crippen LogP contribution in [-0.4, -0.2) is 94.7 Å². The van der Waals surface area contributed by atoms with Crippen molar-refractivity contribution in [3.05, 3.63) is 29.8 Å². The smallest absolute Gasteiger partial charge is 0.490 e. The highest BCUT2D eigenvalue weighted by Gasteiger charge is 2.43. The molecule has 3 fully saturated rings. The lowest BCUT2D eigenvalue weighted by molar-refractivity contribution is -0.192. The summed E-state index contributed by atoms with van der Waals surface area (Å²) in [6.07, 6.45) is 2.59. The van der Waals surface area contributed by atoms with Gasteiger partial charge in [0.1, 0.15) is 5.75 Å². The van der Waals surface area contributed by atoms with Crippen molar-refractivity contribution in [2.45, 2.75) is 75.8 Å². The Balaban J connectivity index is 0.000000479. The summed E-state index contributed by atoms with van der Waals surface area (Å²) in [5.74, 6) is -2.36. The lowest BCUT2D eigenvalue weighted by Gasteiger charge is -2.39. The van der Waals surface area contributed by atoms with Gasteiger partial charge in [-0.1, -0.05) is 12.1 Å². The lowest BCUT2D eigenvalue weighted by Crippen LogP contribution is -2.44. The summed E-state index contributed by atoms with van der Waals surface area (Å²) in [7, 11) is 2.20. The number of phenols is 1. The van der Waals surface area contributed by atoms with Gasteiger partial charge in [-0.25, -0.2) is 4.79 Å². The van der Waals surface area contributed by atoms with E-state index in [1.54, 1.807) is 12.1 Å². The molecule has 1 saturated carbocycles. The predicted molar refractivity (Wildman–Crippen MR) is 129 cm³/mol. The van der Waals surface area contributed by atoms with Crippen LogP contribution in [0.25, 0.3) is 0 Å². The van der Waals surface area contributed by atoms with Crippen LogP contribution in [0, 0.1) is 5.41 Å². The molecule has 208 valence electrons. The number of carbonyl (C=O) groups excluding carboxylic acids is 1. The van der Waals surface area contributed by atoms with Gasteiger partial charge >= 0.3 is 12.1 Å². The second-order valence-corrected chi connectivity index (χ2v) is 10.6. The van der Waals surface area contributed by atoms with Crippen LogP contribution in [0.2, 0.25) is 0 Å². The van der Waals surface area contributed by atoms with E-state index in [1.165, 1.54) is 0 Å². The van der Waals surface area contributed by atoms with E-state index in [2.05, 4.69) is 11.9 Å². The van der Waals surface area contributed by atoms with Crippen LogP contribution in [0.5, 0.6) is 5.75 Å². The maximum absolute atomic E-state index is 12.7. The quantitative estimate of drug-likeness (QED) is 0.536. The van der Waals surface area contributed by atoms with Gasteiger partial charge in [0.05, 0.1) is 25.2 Å². The highest BCUT2D eigenvalue weighted by atomic mass is 19.4. The number of carboxylic acid groups (broad SMARTS) is 1. The molecule has 4 rings (SSSR count).